The molecule has 1 nitrogen and oxygen atoms in total. The molecule has 0 spiro atoms. The van der Waals surface area contributed by atoms with Crippen LogP contribution >= 0.6 is 0 Å². The first-order valence-corrected chi connectivity index (χ1v) is 7.97. The molecule has 0 saturated carbocycles. The van der Waals surface area contributed by atoms with Crippen molar-refractivity contribution in [2.45, 2.75) is 38.6 Å². The molecule has 3 aromatic carbocycles. The fourth-order valence-corrected chi connectivity index (χ4v) is 3.21. The molecular weight excluding hydrogens is 254 g/mol. The van der Waals surface area contributed by atoms with Crippen molar-refractivity contribution in [1.82, 2.24) is 0 Å². The number of unbranched alkanes of at least 4 members (excludes halogenated alkanes) is 2. The van der Waals surface area contributed by atoms with Gasteiger partial charge in [0.25, 0.3) is 0 Å². The molecule has 1 atom stereocenters. The van der Waals surface area contributed by atoms with E-state index < -0.39 is 0 Å². The van der Waals surface area contributed by atoms with Gasteiger partial charge in [-0.2, -0.15) is 0 Å². The predicted molar refractivity (Wildman–Crippen MR) is 92.5 cm³/mol. The maximum Gasteiger partial charge on any atom is 0.0307 e. The van der Waals surface area contributed by atoms with Gasteiger partial charge < -0.3 is 5.73 Å². The van der Waals surface area contributed by atoms with E-state index >= 15 is 0 Å². The van der Waals surface area contributed by atoms with Gasteiger partial charge in [-0.25, -0.2) is 0 Å². The maximum atomic E-state index is 6.57. The highest BCUT2D eigenvalue weighted by Crippen LogP contribution is 2.33. The van der Waals surface area contributed by atoms with Crippen LogP contribution in [0.15, 0.2) is 54.6 Å². The van der Waals surface area contributed by atoms with Crippen LogP contribution in [0.4, 0.5) is 0 Å². The van der Waals surface area contributed by atoms with Gasteiger partial charge >= 0.3 is 0 Å². The maximum absolute atomic E-state index is 6.57. The molecule has 0 unspecified atom stereocenters. The predicted octanol–water partition coefficient (Wildman–Crippen LogP) is 5.57. The number of hydrogen-bond donors (Lipinski definition) is 1. The smallest absolute Gasteiger partial charge is 0.0307 e. The summed E-state index contributed by atoms with van der Waals surface area (Å²) in [7, 11) is 0. The van der Waals surface area contributed by atoms with E-state index in [2.05, 4.69) is 61.5 Å². The summed E-state index contributed by atoms with van der Waals surface area (Å²) in [6, 6.07) is 19.6. The Kier molecular flexibility index (Phi) is 4.21. The van der Waals surface area contributed by atoms with Crippen LogP contribution in [0, 0.1) is 0 Å². The van der Waals surface area contributed by atoms with Crippen LogP contribution in [-0.4, -0.2) is 0 Å². The van der Waals surface area contributed by atoms with Crippen LogP contribution in [0.2, 0.25) is 0 Å². The Labute approximate surface area is 126 Å². The zero-order valence-electron chi connectivity index (χ0n) is 12.7. The van der Waals surface area contributed by atoms with Crippen LogP contribution < -0.4 is 5.73 Å². The molecule has 3 rings (SSSR count). The quantitative estimate of drug-likeness (QED) is 0.478. The Morgan fingerprint density at radius 1 is 0.857 bits per heavy atom. The summed E-state index contributed by atoms with van der Waals surface area (Å²) in [4.78, 5) is 0. The standard InChI is InChI=1S/C20H23N/c1-2-3-4-13-19(21)20-17-11-7-5-9-15(17)14-16-10-6-8-12-18(16)20/h5-12,14,19H,2-4,13,21H2,1H3/t19-/m1/s1. The van der Waals surface area contributed by atoms with Gasteiger partial charge in [0, 0.05) is 6.04 Å². The SMILES string of the molecule is CCCCC[C@@H](N)c1c2ccccc2cc2ccccc12. The summed E-state index contributed by atoms with van der Waals surface area (Å²) < 4.78 is 0. The Morgan fingerprint density at radius 2 is 1.43 bits per heavy atom. The van der Waals surface area contributed by atoms with E-state index in [1.807, 2.05) is 0 Å². The highest BCUT2D eigenvalue weighted by molar-refractivity contribution is 6.02. The second kappa shape index (κ2) is 6.28. The summed E-state index contributed by atoms with van der Waals surface area (Å²) in [6.45, 7) is 2.23. The number of nitrogens with two attached hydrogens (primary N) is 1. The summed E-state index contributed by atoms with van der Waals surface area (Å²) in [5.41, 5.74) is 7.89. The van der Waals surface area contributed by atoms with Crippen molar-refractivity contribution >= 4 is 21.5 Å². The number of benzene rings is 3. The van der Waals surface area contributed by atoms with Gasteiger partial charge in [-0.05, 0) is 39.6 Å². The van der Waals surface area contributed by atoms with Crippen molar-refractivity contribution in [3.63, 3.8) is 0 Å². The van der Waals surface area contributed by atoms with Crippen LogP contribution in [0.25, 0.3) is 21.5 Å². The molecule has 0 saturated heterocycles. The lowest BCUT2D eigenvalue weighted by atomic mass is 9.90. The first-order valence-electron chi connectivity index (χ1n) is 7.97. The molecule has 1 heteroatoms. The van der Waals surface area contributed by atoms with Crippen LogP contribution in [0.5, 0.6) is 0 Å². The van der Waals surface area contributed by atoms with Crippen molar-refractivity contribution in [2.24, 2.45) is 5.73 Å². The third kappa shape index (κ3) is 2.79. The Balaban J connectivity index is 2.15. The molecule has 108 valence electrons. The van der Waals surface area contributed by atoms with Crippen molar-refractivity contribution in [3.8, 4) is 0 Å². The van der Waals surface area contributed by atoms with Crippen LogP contribution in [0.1, 0.15) is 44.2 Å². The number of hydrogen-bond acceptors (Lipinski definition) is 1. The second-order valence-electron chi connectivity index (χ2n) is 5.83. The lowest BCUT2D eigenvalue weighted by Crippen LogP contribution is -2.11. The van der Waals surface area contributed by atoms with E-state index in [0.29, 0.717) is 0 Å². The summed E-state index contributed by atoms with van der Waals surface area (Å²) in [5.74, 6) is 0. The molecule has 0 heterocycles. The van der Waals surface area contributed by atoms with E-state index in [4.69, 9.17) is 5.73 Å². The molecule has 0 bridgehead atoms. The zero-order chi connectivity index (χ0) is 14.7. The molecule has 2 N–H and O–H groups in total. The summed E-state index contributed by atoms with van der Waals surface area (Å²) >= 11 is 0. The summed E-state index contributed by atoms with van der Waals surface area (Å²) in [5, 5.41) is 5.19. The topological polar surface area (TPSA) is 26.0 Å². The molecule has 0 aliphatic heterocycles. The molecule has 0 aliphatic carbocycles. The first kappa shape index (κ1) is 14.1. The third-order valence-corrected chi connectivity index (χ3v) is 4.30. The Bertz CT molecular complexity index is 691. The number of fused-ring (bicyclic) bond motifs is 2. The first-order chi connectivity index (χ1) is 10.3. The fourth-order valence-electron chi connectivity index (χ4n) is 3.21. The molecule has 21 heavy (non-hydrogen) atoms. The molecule has 3 aromatic rings. The third-order valence-electron chi connectivity index (χ3n) is 4.30. The fraction of sp³-hybridized carbons (Fsp3) is 0.300. The monoisotopic (exact) mass is 277 g/mol. The largest absolute Gasteiger partial charge is 0.324 e. The van der Waals surface area contributed by atoms with E-state index in [-0.39, 0.29) is 6.04 Å². The molecular formula is C20H23N. The Hall–Kier alpha value is -1.86. The number of rotatable bonds is 5. The molecule has 0 aromatic heterocycles. The van der Waals surface area contributed by atoms with Gasteiger partial charge in [0.2, 0.25) is 0 Å². The van der Waals surface area contributed by atoms with Crippen molar-refractivity contribution in [2.75, 3.05) is 0 Å². The lowest BCUT2D eigenvalue weighted by Gasteiger charge is -2.18. The van der Waals surface area contributed by atoms with Crippen LogP contribution in [0.3, 0.4) is 0 Å². The minimum atomic E-state index is 0.118. The second-order valence-corrected chi connectivity index (χ2v) is 5.83. The van der Waals surface area contributed by atoms with Gasteiger partial charge in [0.1, 0.15) is 0 Å². The molecule has 0 amide bonds. The normalized spacial score (nSPS) is 12.9. The molecule has 0 radical (unpaired) electrons. The van der Waals surface area contributed by atoms with E-state index in [0.717, 1.165) is 6.42 Å². The van der Waals surface area contributed by atoms with Crippen molar-refractivity contribution in [1.29, 1.82) is 0 Å². The van der Waals surface area contributed by atoms with E-state index in [9.17, 15) is 0 Å². The van der Waals surface area contributed by atoms with Crippen molar-refractivity contribution in [3.05, 3.63) is 60.2 Å². The average molecular weight is 277 g/mol. The van der Waals surface area contributed by atoms with Gasteiger partial charge in [-0.15, -0.1) is 0 Å². The molecule has 0 aliphatic rings. The molecule has 0 fully saturated rings. The Morgan fingerprint density at radius 3 is 2.00 bits per heavy atom. The van der Waals surface area contributed by atoms with Crippen LogP contribution in [-0.2, 0) is 0 Å². The average Bonchev–Trinajstić information content (AvgIpc) is 2.52. The highest BCUT2D eigenvalue weighted by Gasteiger charge is 2.13. The van der Waals surface area contributed by atoms with Gasteiger partial charge in [-0.1, -0.05) is 74.7 Å². The minimum Gasteiger partial charge on any atom is -0.324 e. The minimum absolute atomic E-state index is 0.118. The van der Waals surface area contributed by atoms with E-state index in [1.54, 1.807) is 0 Å². The zero-order valence-corrected chi connectivity index (χ0v) is 12.7. The van der Waals surface area contributed by atoms with Gasteiger partial charge in [-0.3, -0.25) is 0 Å². The van der Waals surface area contributed by atoms with Crippen molar-refractivity contribution < 1.29 is 0 Å². The van der Waals surface area contributed by atoms with Gasteiger partial charge in [0.05, 0.1) is 0 Å². The highest BCUT2D eigenvalue weighted by atomic mass is 14.6. The lowest BCUT2D eigenvalue weighted by molar-refractivity contribution is 0.586. The van der Waals surface area contributed by atoms with Gasteiger partial charge in [0.15, 0.2) is 0 Å². The van der Waals surface area contributed by atoms with E-state index in [1.165, 1.54) is 46.4 Å². The summed E-state index contributed by atoms with van der Waals surface area (Å²) in [6.07, 6.45) is 4.76.